The number of carbonyl (C=O) groups is 1. The van der Waals surface area contributed by atoms with Gasteiger partial charge in [-0.15, -0.1) is 24.0 Å². The molecule has 5 nitrogen and oxygen atoms in total. The van der Waals surface area contributed by atoms with E-state index >= 15 is 0 Å². The van der Waals surface area contributed by atoms with Crippen molar-refractivity contribution >= 4 is 41.5 Å². The van der Waals surface area contributed by atoms with Crippen LogP contribution >= 0.6 is 24.0 Å². The molecule has 2 aromatic carbocycles. The average Bonchev–Trinajstić information content (AvgIpc) is 2.87. The van der Waals surface area contributed by atoms with Gasteiger partial charge in [0.15, 0.2) is 5.96 Å². The quantitative estimate of drug-likeness (QED) is 0.398. The number of aryl methyl sites for hydroxylation is 2. The fraction of sp³-hybridized carbons (Fsp3) is 0.333. The Bertz CT molecular complexity index is 802. The summed E-state index contributed by atoms with van der Waals surface area (Å²) in [5.41, 5.74) is 10.5. The van der Waals surface area contributed by atoms with Crippen LogP contribution in [0.1, 0.15) is 29.2 Å². The summed E-state index contributed by atoms with van der Waals surface area (Å²) in [6.07, 6.45) is 0.496. The molecular formula is C21H27IN4O. The molecule has 2 unspecified atom stereocenters. The van der Waals surface area contributed by atoms with Crippen LogP contribution in [-0.4, -0.2) is 30.4 Å². The number of likely N-dealkylation sites (tertiary alicyclic amines) is 1. The Labute approximate surface area is 178 Å². The van der Waals surface area contributed by atoms with Gasteiger partial charge in [-0.2, -0.15) is 0 Å². The maximum Gasteiger partial charge on any atom is 0.223 e. The van der Waals surface area contributed by atoms with E-state index in [1.54, 1.807) is 0 Å². The van der Waals surface area contributed by atoms with Crippen molar-refractivity contribution in [2.24, 2.45) is 16.6 Å². The van der Waals surface area contributed by atoms with Crippen molar-refractivity contribution in [3.63, 3.8) is 0 Å². The monoisotopic (exact) mass is 478 g/mol. The fourth-order valence-corrected chi connectivity index (χ4v) is 3.71. The minimum absolute atomic E-state index is 0. The maximum absolute atomic E-state index is 12.2. The van der Waals surface area contributed by atoms with Crippen LogP contribution in [0.4, 0.5) is 5.69 Å². The Hall–Kier alpha value is -2.09. The molecule has 1 aliphatic rings. The van der Waals surface area contributed by atoms with E-state index in [1.165, 1.54) is 11.1 Å². The van der Waals surface area contributed by atoms with E-state index < -0.39 is 0 Å². The van der Waals surface area contributed by atoms with Gasteiger partial charge in [-0.05, 0) is 42.7 Å². The Morgan fingerprint density at radius 3 is 2.44 bits per heavy atom. The first kappa shape index (κ1) is 21.2. The normalized spacial score (nSPS) is 19.7. The zero-order valence-corrected chi connectivity index (χ0v) is 18.3. The second-order valence-corrected chi connectivity index (χ2v) is 7.05. The van der Waals surface area contributed by atoms with Crippen LogP contribution in [0.2, 0.25) is 0 Å². The average molecular weight is 478 g/mol. The zero-order chi connectivity index (χ0) is 18.7. The molecule has 1 saturated heterocycles. The number of hydrogen-bond donors (Lipinski definition) is 2. The molecule has 3 N–H and O–H groups in total. The predicted molar refractivity (Wildman–Crippen MR) is 122 cm³/mol. The lowest BCUT2D eigenvalue weighted by molar-refractivity contribution is -0.127. The number of hydrogen-bond acceptors (Lipinski definition) is 2. The van der Waals surface area contributed by atoms with E-state index in [0.717, 1.165) is 11.3 Å². The molecule has 1 fully saturated rings. The van der Waals surface area contributed by atoms with Crippen LogP contribution in [0, 0.1) is 19.8 Å². The van der Waals surface area contributed by atoms with Crippen LogP contribution < -0.4 is 11.1 Å². The molecule has 1 amide bonds. The topological polar surface area (TPSA) is 70.7 Å². The summed E-state index contributed by atoms with van der Waals surface area (Å²) in [5.74, 6) is 0.651. The van der Waals surface area contributed by atoms with Crippen molar-refractivity contribution < 1.29 is 4.79 Å². The van der Waals surface area contributed by atoms with Crippen molar-refractivity contribution in [3.8, 4) is 0 Å². The first-order valence-corrected chi connectivity index (χ1v) is 8.90. The lowest BCUT2D eigenvalue weighted by Crippen LogP contribution is -2.27. The van der Waals surface area contributed by atoms with E-state index in [2.05, 4.69) is 42.4 Å². The summed E-state index contributed by atoms with van der Waals surface area (Å²) in [7, 11) is 1.86. The molecule has 0 aliphatic carbocycles. The van der Waals surface area contributed by atoms with Crippen LogP contribution in [-0.2, 0) is 4.79 Å². The van der Waals surface area contributed by atoms with Crippen LogP contribution in [0.25, 0.3) is 0 Å². The Kier molecular flexibility index (Phi) is 7.24. The van der Waals surface area contributed by atoms with E-state index in [-0.39, 0.29) is 41.8 Å². The smallest absolute Gasteiger partial charge is 0.223 e. The Morgan fingerprint density at radius 1 is 1.19 bits per heavy atom. The highest BCUT2D eigenvalue weighted by Crippen LogP contribution is 2.36. The van der Waals surface area contributed by atoms with E-state index in [9.17, 15) is 4.79 Å². The van der Waals surface area contributed by atoms with Crippen LogP contribution in [0.15, 0.2) is 53.5 Å². The van der Waals surface area contributed by atoms with Crippen molar-refractivity contribution in [3.05, 3.63) is 65.2 Å². The van der Waals surface area contributed by atoms with Crippen molar-refractivity contribution in [1.82, 2.24) is 4.90 Å². The van der Waals surface area contributed by atoms with Gasteiger partial charge in [-0.1, -0.05) is 36.4 Å². The molecule has 1 heterocycles. The van der Waals surface area contributed by atoms with Crippen molar-refractivity contribution in [1.29, 1.82) is 0 Å². The third-order valence-corrected chi connectivity index (χ3v) is 4.83. The number of anilines is 1. The molecule has 0 bridgehead atoms. The number of nitrogens with zero attached hydrogens (tertiary/aromatic N) is 2. The summed E-state index contributed by atoms with van der Waals surface area (Å²) in [4.78, 5) is 18.5. The number of halogens is 1. The van der Waals surface area contributed by atoms with E-state index in [1.807, 2.05) is 42.3 Å². The number of rotatable bonds is 4. The summed E-state index contributed by atoms with van der Waals surface area (Å²) < 4.78 is 0. The summed E-state index contributed by atoms with van der Waals surface area (Å²) >= 11 is 0. The maximum atomic E-state index is 12.2. The number of amides is 1. The highest BCUT2D eigenvalue weighted by molar-refractivity contribution is 14.0. The number of carbonyl (C=O) groups excluding carboxylic acids is 1. The Balaban J connectivity index is 0.00000261. The number of benzene rings is 2. The highest BCUT2D eigenvalue weighted by atomic mass is 127. The van der Waals surface area contributed by atoms with Crippen LogP contribution in [0.3, 0.4) is 0 Å². The molecule has 1 aliphatic heterocycles. The lowest BCUT2D eigenvalue weighted by atomic mass is 9.94. The second-order valence-electron chi connectivity index (χ2n) is 7.05. The molecule has 0 radical (unpaired) electrons. The number of aliphatic imine (C=N–C) groups is 1. The zero-order valence-electron chi connectivity index (χ0n) is 16.0. The first-order chi connectivity index (χ1) is 12.4. The van der Waals surface area contributed by atoms with E-state index in [0.29, 0.717) is 18.9 Å². The fourth-order valence-electron chi connectivity index (χ4n) is 3.71. The van der Waals surface area contributed by atoms with Gasteiger partial charge in [0, 0.05) is 31.6 Å². The molecule has 144 valence electrons. The second kappa shape index (κ2) is 9.21. The standard InChI is InChI=1S/C21H26N4O.HI/c1-14-9-15(2)11-18(10-14)24-21(22)23-13-17-12-19(26)25(3)20(17)16-7-5-4-6-8-16;/h4-11,17,20H,12-13H2,1-3H3,(H3,22,23,24);1H. The van der Waals surface area contributed by atoms with Gasteiger partial charge in [-0.3, -0.25) is 9.79 Å². The van der Waals surface area contributed by atoms with Gasteiger partial charge in [0.25, 0.3) is 0 Å². The SMILES string of the molecule is Cc1cc(C)cc(NC(N)=NCC2CC(=O)N(C)C2c2ccccc2)c1.I. The number of guanidine groups is 1. The largest absolute Gasteiger partial charge is 0.370 e. The van der Waals surface area contributed by atoms with Gasteiger partial charge in [0.1, 0.15) is 0 Å². The molecule has 0 aromatic heterocycles. The molecule has 0 saturated carbocycles. The molecular weight excluding hydrogens is 451 g/mol. The molecule has 6 heteroatoms. The minimum atomic E-state index is 0. The van der Waals surface area contributed by atoms with Crippen molar-refractivity contribution in [2.75, 3.05) is 18.9 Å². The first-order valence-electron chi connectivity index (χ1n) is 8.90. The Morgan fingerprint density at radius 2 is 1.81 bits per heavy atom. The van der Waals surface area contributed by atoms with Gasteiger partial charge >= 0.3 is 0 Å². The summed E-state index contributed by atoms with van der Waals surface area (Å²) in [5, 5.41) is 3.15. The third-order valence-electron chi connectivity index (χ3n) is 4.83. The minimum Gasteiger partial charge on any atom is -0.370 e. The summed E-state index contributed by atoms with van der Waals surface area (Å²) in [6.45, 7) is 4.62. The van der Waals surface area contributed by atoms with Crippen LogP contribution in [0.5, 0.6) is 0 Å². The van der Waals surface area contributed by atoms with Crippen molar-refractivity contribution in [2.45, 2.75) is 26.3 Å². The molecule has 2 atom stereocenters. The van der Waals surface area contributed by atoms with Gasteiger partial charge in [0.2, 0.25) is 5.91 Å². The number of nitrogens with two attached hydrogens (primary N) is 1. The molecule has 3 rings (SSSR count). The lowest BCUT2D eigenvalue weighted by Gasteiger charge is -2.24. The molecule has 27 heavy (non-hydrogen) atoms. The highest BCUT2D eigenvalue weighted by Gasteiger charge is 2.38. The molecule has 2 aromatic rings. The third kappa shape index (κ3) is 5.22. The molecule has 0 spiro atoms. The van der Waals surface area contributed by atoms with Gasteiger partial charge in [0.05, 0.1) is 6.04 Å². The van der Waals surface area contributed by atoms with Gasteiger partial charge in [-0.25, -0.2) is 0 Å². The number of nitrogens with one attached hydrogen (secondary N) is 1. The summed E-state index contributed by atoms with van der Waals surface area (Å²) in [6, 6.07) is 16.3. The van der Waals surface area contributed by atoms with Gasteiger partial charge < -0.3 is 16.0 Å². The van der Waals surface area contributed by atoms with E-state index in [4.69, 9.17) is 5.73 Å². The predicted octanol–water partition coefficient (Wildman–Crippen LogP) is 3.87.